The van der Waals surface area contributed by atoms with E-state index in [0.717, 1.165) is 5.56 Å². The molecule has 0 spiro atoms. The summed E-state index contributed by atoms with van der Waals surface area (Å²) in [6, 6.07) is 15.7. The summed E-state index contributed by atoms with van der Waals surface area (Å²) in [6.45, 7) is 3.34. The van der Waals surface area contributed by atoms with Crippen LogP contribution in [-0.4, -0.2) is 22.7 Å². The van der Waals surface area contributed by atoms with E-state index in [1.165, 1.54) is 25.4 Å². The lowest BCUT2D eigenvalue weighted by atomic mass is 10.1. The number of carbonyl (C=O) groups excluding carboxylic acids is 3. The van der Waals surface area contributed by atoms with Crippen LogP contribution in [0.5, 0.6) is 0 Å². The first-order valence-corrected chi connectivity index (χ1v) is 8.93. The Morgan fingerprint density at radius 2 is 1.24 bits per heavy atom. The second kappa shape index (κ2) is 8.79. The van der Waals surface area contributed by atoms with Crippen LogP contribution in [0.1, 0.15) is 33.2 Å². The van der Waals surface area contributed by atoms with Crippen molar-refractivity contribution in [1.29, 1.82) is 0 Å². The molecule has 0 fully saturated rings. The van der Waals surface area contributed by atoms with E-state index < -0.39 is 5.91 Å². The SMILES string of the molecule is CC(=O)Nc1cccc(NC(=O)c2cncc(C(=O)Nc3cccc(C)c3)c2)c1. The molecule has 0 unspecified atom stereocenters. The lowest BCUT2D eigenvalue weighted by Crippen LogP contribution is -2.16. The van der Waals surface area contributed by atoms with Crippen molar-refractivity contribution in [2.75, 3.05) is 16.0 Å². The highest BCUT2D eigenvalue weighted by atomic mass is 16.2. The van der Waals surface area contributed by atoms with E-state index in [1.54, 1.807) is 30.3 Å². The van der Waals surface area contributed by atoms with Gasteiger partial charge in [0.05, 0.1) is 11.1 Å². The van der Waals surface area contributed by atoms with Crippen LogP contribution >= 0.6 is 0 Å². The Morgan fingerprint density at radius 1 is 0.724 bits per heavy atom. The van der Waals surface area contributed by atoms with Gasteiger partial charge in [0.15, 0.2) is 0 Å². The van der Waals surface area contributed by atoms with Gasteiger partial charge in [0.25, 0.3) is 11.8 Å². The van der Waals surface area contributed by atoms with E-state index in [1.807, 2.05) is 25.1 Å². The summed E-state index contributed by atoms with van der Waals surface area (Å²) in [5.74, 6) is -0.974. The van der Waals surface area contributed by atoms with Gasteiger partial charge in [0.2, 0.25) is 5.91 Å². The smallest absolute Gasteiger partial charge is 0.257 e. The molecule has 0 aliphatic rings. The predicted octanol–water partition coefficient (Wildman–Crippen LogP) is 3.85. The summed E-state index contributed by atoms with van der Waals surface area (Å²) in [6.07, 6.45) is 2.79. The number of aromatic nitrogens is 1. The molecule has 0 saturated carbocycles. The Morgan fingerprint density at radius 3 is 1.79 bits per heavy atom. The number of amides is 3. The molecule has 1 aromatic heterocycles. The fraction of sp³-hybridized carbons (Fsp3) is 0.0909. The number of hydrogen-bond donors (Lipinski definition) is 3. The summed E-state index contributed by atoms with van der Waals surface area (Å²) >= 11 is 0. The largest absolute Gasteiger partial charge is 0.326 e. The van der Waals surface area contributed by atoms with E-state index in [2.05, 4.69) is 20.9 Å². The normalized spacial score (nSPS) is 10.1. The summed E-state index contributed by atoms with van der Waals surface area (Å²) < 4.78 is 0. The standard InChI is InChI=1S/C22H20N4O3/c1-14-5-3-6-18(9-14)25-21(28)16-10-17(13-23-12-16)22(29)26-20-8-4-7-19(11-20)24-15(2)27/h3-13H,1-2H3,(H,24,27)(H,25,28)(H,26,29). The second-order valence-corrected chi connectivity index (χ2v) is 6.50. The second-order valence-electron chi connectivity index (χ2n) is 6.50. The van der Waals surface area contributed by atoms with Gasteiger partial charge < -0.3 is 16.0 Å². The van der Waals surface area contributed by atoms with Crippen LogP contribution in [0.2, 0.25) is 0 Å². The molecular weight excluding hydrogens is 368 g/mol. The van der Waals surface area contributed by atoms with Gasteiger partial charge in [-0.2, -0.15) is 0 Å². The number of nitrogens with zero attached hydrogens (tertiary/aromatic N) is 1. The molecule has 0 aliphatic carbocycles. The lowest BCUT2D eigenvalue weighted by Gasteiger charge is -2.09. The highest BCUT2D eigenvalue weighted by Crippen LogP contribution is 2.17. The number of anilines is 3. The monoisotopic (exact) mass is 388 g/mol. The fourth-order valence-electron chi connectivity index (χ4n) is 2.70. The van der Waals surface area contributed by atoms with Crippen LogP contribution in [0.3, 0.4) is 0 Å². The zero-order chi connectivity index (χ0) is 20.8. The molecule has 3 amide bonds. The van der Waals surface area contributed by atoms with Crippen molar-refractivity contribution in [3.63, 3.8) is 0 Å². The third-order valence-electron chi connectivity index (χ3n) is 3.98. The number of nitrogens with one attached hydrogen (secondary N) is 3. The van der Waals surface area contributed by atoms with Crippen LogP contribution in [0.15, 0.2) is 67.0 Å². The molecule has 0 radical (unpaired) electrons. The molecule has 7 nitrogen and oxygen atoms in total. The molecular formula is C22H20N4O3. The number of benzene rings is 2. The molecule has 0 saturated heterocycles. The minimum atomic E-state index is -0.414. The van der Waals surface area contributed by atoms with Crippen LogP contribution < -0.4 is 16.0 Å². The predicted molar refractivity (Wildman–Crippen MR) is 112 cm³/mol. The first kappa shape index (κ1) is 19.8. The van der Waals surface area contributed by atoms with E-state index in [-0.39, 0.29) is 22.9 Å². The number of hydrogen-bond acceptors (Lipinski definition) is 4. The third kappa shape index (κ3) is 5.49. The van der Waals surface area contributed by atoms with Gasteiger partial charge in [0.1, 0.15) is 0 Å². The first-order valence-electron chi connectivity index (χ1n) is 8.93. The quantitative estimate of drug-likeness (QED) is 0.618. The molecule has 0 bridgehead atoms. The van der Waals surface area contributed by atoms with E-state index >= 15 is 0 Å². The Labute approximate surface area is 168 Å². The first-order chi connectivity index (χ1) is 13.9. The van der Waals surface area contributed by atoms with Gasteiger partial charge in [-0.1, -0.05) is 18.2 Å². The van der Waals surface area contributed by atoms with Crippen LogP contribution in [0, 0.1) is 6.92 Å². The Balaban J connectivity index is 1.72. The van der Waals surface area contributed by atoms with Gasteiger partial charge in [0, 0.05) is 36.4 Å². The van der Waals surface area contributed by atoms with Gasteiger partial charge in [-0.15, -0.1) is 0 Å². The molecule has 3 aromatic rings. The van der Waals surface area contributed by atoms with Crippen molar-refractivity contribution >= 4 is 34.8 Å². The molecule has 2 aromatic carbocycles. The molecule has 146 valence electrons. The van der Waals surface area contributed by atoms with Crippen molar-refractivity contribution in [3.05, 3.63) is 83.7 Å². The third-order valence-corrected chi connectivity index (χ3v) is 3.98. The molecule has 7 heteroatoms. The topological polar surface area (TPSA) is 100 Å². The Kier molecular flexibility index (Phi) is 5.99. The van der Waals surface area contributed by atoms with Gasteiger partial charge in [-0.3, -0.25) is 19.4 Å². The number of aryl methyl sites for hydroxylation is 1. The van der Waals surface area contributed by atoms with E-state index in [4.69, 9.17) is 0 Å². The lowest BCUT2D eigenvalue weighted by molar-refractivity contribution is -0.114. The maximum Gasteiger partial charge on any atom is 0.257 e. The molecule has 0 aliphatic heterocycles. The summed E-state index contributed by atoms with van der Waals surface area (Å²) in [4.78, 5) is 40.2. The highest BCUT2D eigenvalue weighted by Gasteiger charge is 2.12. The minimum Gasteiger partial charge on any atom is -0.326 e. The molecule has 3 rings (SSSR count). The fourth-order valence-corrected chi connectivity index (χ4v) is 2.70. The summed E-state index contributed by atoms with van der Waals surface area (Å²) in [5, 5.41) is 8.18. The van der Waals surface area contributed by atoms with E-state index in [0.29, 0.717) is 17.1 Å². The number of rotatable bonds is 5. The van der Waals surface area contributed by atoms with Gasteiger partial charge in [-0.25, -0.2) is 0 Å². The molecule has 0 atom stereocenters. The van der Waals surface area contributed by atoms with Crippen molar-refractivity contribution in [1.82, 2.24) is 4.98 Å². The highest BCUT2D eigenvalue weighted by molar-refractivity contribution is 6.08. The molecule has 1 heterocycles. The zero-order valence-corrected chi connectivity index (χ0v) is 16.0. The molecule has 3 N–H and O–H groups in total. The molecule has 29 heavy (non-hydrogen) atoms. The number of carbonyl (C=O) groups is 3. The summed E-state index contributed by atoms with van der Waals surface area (Å²) in [5.41, 5.74) is 3.28. The Bertz CT molecular complexity index is 1080. The number of pyridine rings is 1. The average Bonchev–Trinajstić information content (AvgIpc) is 2.68. The maximum atomic E-state index is 12.6. The van der Waals surface area contributed by atoms with E-state index in [9.17, 15) is 14.4 Å². The van der Waals surface area contributed by atoms with Crippen molar-refractivity contribution in [2.24, 2.45) is 0 Å². The van der Waals surface area contributed by atoms with Crippen LogP contribution in [-0.2, 0) is 4.79 Å². The zero-order valence-electron chi connectivity index (χ0n) is 16.0. The van der Waals surface area contributed by atoms with Crippen LogP contribution in [0.25, 0.3) is 0 Å². The summed E-state index contributed by atoms with van der Waals surface area (Å²) in [7, 11) is 0. The van der Waals surface area contributed by atoms with Crippen molar-refractivity contribution < 1.29 is 14.4 Å². The van der Waals surface area contributed by atoms with Crippen molar-refractivity contribution in [2.45, 2.75) is 13.8 Å². The van der Waals surface area contributed by atoms with Gasteiger partial charge in [-0.05, 0) is 48.9 Å². The average molecular weight is 388 g/mol. The minimum absolute atomic E-state index is 0.204. The Hall–Kier alpha value is -4.00. The van der Waals surface area contributed by atoms with Gasteiger partial charge >= 0.3 is 0 Å². The maximum absolute atomic E-state index is 12.6. The van der Waals surface area contributed by atoms with Crippen LogP contribution in [0.4, 0.5) is 17.1 Å². The van der Waals surface area contributed by atoms with Crippen molar-refractivity contribution in [3.8, 4) is 0 Å².